The molecular weight excluding hydrogens is 290 g/mol. The summed E-state index contributed by atoms with van der Waals surface area (Å²) in [5, 5.41) is 11.6. The Balaban J connectivity index is 2.85. The lowest BCUT2D eigenvalue weighted by atomic mass is 10.1. The van der Waals surface area contributed by atoms with Gasteiger partial charge in [0.05, 0.1) is 13.7 Å². The third kappa shape index (κ3) is 4.92. The van der Waals surface area contributed by atoms with Crippen molar-refractivity contribution in [2.75, 3.05) is 27.4 Å². The van der Waals surface area contributed by atoms with Crippen molar-refractivity contribution in [1.29, 1.82) is 0 Å². The summed E-state index contributed by atoms with van der Waals surface area (Å²) in [4.78, 5) is 23.3. The van der Waals surface area contributed by atoms with Crippen molar-refractivity contribution in [1.82, 2.24) is 5.32 Å². The monoisotopic (exact) mass is 311 g/mol. The summed E-state index contributed by atoms with van der Waals surface area (Å²) in [5.41, 5.74) is 0.295. The molecule has 0 heterocycles. The van der Waals surface area contributed by atoms with Crippen LogP contribution < -0.4 is 14.8 Å². The van der Waals surface area contributed by atoms with Crippen molar-refractivity contribution in [3.05, 3.63) is 23.8 Å². The van der Waals surface area contributed by atoms with Crippen LogP contribution in [0.3, 0.4) is 0 Å². The molecule has 0 spiro atoms. The minimum Gasteiger partial charge on any atom is -0.493 e. The molecule has 22 heavy (non-hydrogen) atoms. The van der Waals surface area contributed by atoms with E-state index in [9.17, 15) is 9.59 Å². The molecule has 0 bridgehead atoms. The van der Waals surface area contributed by atoms with Gasteiger partial charge >= 0.3 is 5.97 Å². The Bertz CT molecular complexity index is 517. The fourth-order valence-electron chi connectivity index (χ4n) is 1.82. The van der Waals surface area contributed by atoms with Gasteiger partial charge in [0.25, 0.3) is 5.91 Å². The Morgan fingerprint density at radius 3 is 2.55 bits per heavy atom. The number of carboxylic acids is 1. The number of ether oxygens (including phenoxy) is 3. The molecule has 0 aliphatic carbocycles. The van der Waals surface area contributed by atoms with Crippen LogP contribution in [-0.4, -0.2) is 50.5 Å². The highest BCUT2D eigenvalue weighted by atomic mass is 16.5. The van der Waals surface area contributed by atoms with Crippen molar-refractivity contribution in [2.45, 2.75) is 19.4 Å². The van der Waals surface area contributed by atoms with E-state index in [0.29, 0.717) is 23.7 Å². The molecule has 0 saturated heterocycles. The summed E-state index contributed by atoms with van der Waals surface area (Å²) in [7, 11) is 2.94. The zero-order valence-corrected chi connectivity index (χ0v) is 12.9. The molecule has 1 atom stereocenters. The molecule has 0 radical (unpaired) electrons. The lowest BCUT2D eigenvalue weighted by Crippen LogP contribution is -2.41. The molecule has 0 aliphatic heterocycles. The molecule has 1 aromatic carbocycles. The van der Waals surface area contributed by atoms with Gasteiger partial charge in [-0.25, -0.2) is 4.79 Å². The van der Waals surface area contributed by atoms with Gasteiger partial charge in [0, 0.05) is 25.7 Å². The molecule has 1 aromatic rings. The number of hydrogen-bond acceptors (Lipinski definition) is 5. The maximum atomic E-state index is 12.1. The predicted octanol–water partition coefficient (Wildman–Crippen LogP) is 1.31. The number of carbonyl (C=O) groups excluding carboxylic acids is 1. The summed E-state index contributed by atoms with van der Waals surface area (Å²) < 4.78 is 15.4. The number of carbonyl (C=O) groups is 2. The normalized spacial score (nSPS) is 11.6. The SMILES string of the molecule is CCOc1ccc(C(=O)NC(CCOC)C(=O)O)cc1OC. The quantitative estimate of drug-likeness (QED) is 0.714. The highest BCUT2D eigenvalue weighted by Gasteiger charge is 2.21. The first-order valence-electron chi connectivity index (χ1n) is 6.86. The number of methoxy groups -OCH3 is 2. The van der Waals surface area contributed by atoms with Crippen LogP contribution in [0.1, 0.15) is 23.7 Å². The first-order valence-corrected chi connectivity index (χ1v) is 6.86. The topological polar surface area (TPSA) is 94.1 Å². The van der Waals surface area contributed by atoms with Crippen LogP contribution in [0.15, 0.2) is 18.2 Å². The summed E-state index contributed by atoms with van der Waals surface area (Å²) in [5.74, 6) is -0.665. The molecule has 1 amide bonds. The second-order valence-corrected chi connectivity index (χ2v) is 4.44. The highest BCUT2D eigenvalue weighted by Crippen LogP contribution is 2.28. The number of benzene rings is 1. The lowest BCUT2D eigenvalue weighted by molar-refractivity contribution is -0.139. The number of rotatable bonds is 9. The Morgan fingerprint density at radius 2 is 2.00 bits per heavy atom. The van der Waals surface area contributed by atoms with Crippen LogP contribution in [0.25, 0.3) is 0 Å². The van der Waals surface area contributed by atoms with Crippen LogP contribution in [0, 0.1) is 0 Å². The van der Waals surface area contributed by atoms with Gasteiger partial charge in [-0.15, -0.1) is 0 Å². The molecule has 0 aliphatic rings. The van der Waals surface area contributed by atoms with Gasteiger partial charge in [-0.2, -0.15) is 0 Å². The van der Waals surface area contributed by atoms with Crippen molar-refractivity contribution in [3.63, 3.8) is 0 Å². The molecule has 0 saturated carbocycles. The van der Waals surface area contributed by atoms with E-state index in [0.717, 1.165) is 0 Å². The van der Waals surface area contributed by atoms with E-state index in [1.54, 1.807) is 12.1 Å². The smallest absolute Gasteiger partial charge is 0.326 e. The molecule has 0 fully saturated rings. The van der Waals surface area contributed by atoms with Crippen LogP contribution in [0.4, 0.5) is 0 Å². The molecule has 122 valence electrons. The fourth-order valence-corrected chi connectivity index (χ4v) is 1.82. The Labute approximate surface area is 129 Å². The summed E-state index contributed by atoms with van der Waals surface area (Å²) in [6.45, 7) is 2.55. The predicted molar refractivity (Wildman–Crippen MR) is 79.5 cm³/mol. The van der Waals surface area contributed by atoms with Gasteiger partial charge in [0.2, 0.25) is 0 Å². The number of nitrogens with one attached hydrogen (secondary N) is 1. The standard InChI is InChI=1S/C15H21NO6/c1-4-22-12-6-5-10(9-13(12)21-3)14(17)16-11(15(18)19)7-8-20-2/h5-6,9,11H,4,7-8H2,1-3H3,(H,16,17)(H,18,19). The number of amides is 1. The molecular formula is C15H21NO6. The highest BCUT2D eigenvalue weighted by molar-refractivity contribution is 5.97. The maximum absolute atomic E-state index is 12.1. The first kappa shape index (κ1) is 17.8. The summed E-state index contributed by atoms with van der Waals surface area (Å²) in [6.07, 6.45) is 0.186. The van der Waals surface area contributed by atoms with Gasteiger partial charge in [-0.3, -0.25) is 4.79 Å². The third-order valence-corrected chi connectivity index (χ3v) is 2.94. The van der Waals surface area contributed by atoms with E-state index in [2.05, 4.69) is 5.32 Å². The van der Waals surface area contributed by atoms with Crippen LogP contribution in [-0.2, 0) is 9.53 Å². The van der Waals surface area contributed by atoms with E-state index in [4.69, 9.17) is 19.3 Å². The molecule has 0 aromatic heterocycles. The van der Waals surface area contributed by atoms with Crippen LogP contribution >= 0.6 is 0 Å². The Kier molecular flexibility index (Phi) is 7.18. The molecule has 7 heteroatoms. The zero-order valence-electron chi connectivity index (χ0n) is 12.9. The summed E-state index contributed by atoms with van der Waals surface area (Å²) in [6, 6.07) is 3.67. The largest absolute Gasteiger partial charge is 0.493 e. The maximum Gasteiger partial charge on any atom is 0.326 e. The molecule has 1 unspecified atom stereocenters. The Hall–Kier alpha value is -2.28. The average Bonchev–Trinajstić information content (AvgIpc) is 2.51. The van der Waals surface area contributed by atoms with Crippen molar-refractivity contribution >= 4 is 11.9 Å². The third-order valence-electron chi connectivity index (χ3n) is 2.94. The molecule has 2 N–H and O–H groups in total. The second-order valence-electron chi connectivity index (χ2n) is 4.44. The Morgan fingerprint density at radius 1 is 1.27 bits per heavy atom. The van der Waals surface area contributed by atoms with E-state index in [1.165, 1.54) is 20.3 Å². The lowest BCUT2D eigenvalue weighted by Gasteiger charge is -2.15. The number of carboxylic acid groups (broad SMARTS) is 1. The van der Waals surface area contributed by atoms with Gasteiger partial charge in [-0.1, -0.05) is 0 Å². The van der Waals surface area contributed by atoms with E-state index < -0.39 is 17.9 Å². The van der Waals surface area contributed by atoms with E-state index >= 15 is 0 Å². The van der Waals surface area contributed by atoms with Gasteiger partial charge in [-0.05, 0) is 25.1 Å². The average molecular weight is 311 g/mol. The number of hydrogen-bond donors (Lipinski definition) is 2. The minimum absolute atomic E-state index is 0.186. The van der Waals surface area contributed by atoms with Gasteiger partial charge in [0.1, 0.15) is 6.04 Å². The van der Waals surface area contributed by atoms with Crippen LogP contribution in [0.2, 0.25) is 0 Å². The molecule has 1 rings (SSSR count). The van der Waals surface area contributed by atoms with E-state index in [-0.39, 0.29) is 13.0 Å². The zero-order chi connectivity index (χ0) is 16.5. The number of aliphatic carboxylic acids is 1. The second kappa shape index (κ2) is 8.89. The van der Waals surface area contributed by atoms with Crippen molar-refractivity contribution < 1.29 is 28.9 Å². The van der Waals surface area contributed by atoms with Crippen LogP contribution in [0.5, 0.6) is 11.5 Å². The van der Waals surface area contributed by atoms with Crippen molar-refractivity contribution in [2.24, 2.45) is 0 Å². The fraction of sp³-hybridized carbons (Fsp3) is 0.467. The minimum atomic E-state index is -1.11. The summed E-state index contributed by atoms with van der Waals surface area (Å²) >= 11 is 0. The van der Waals surface area contributed by atoms with Gasteiger partial charge in [0.15, 0.2) is 11.5 Å². The first-order chi connectivity index (χ1) is 10.5. The molecule has 7 nitrogen and oxygen atoms in total. The van der Waals surface area contributed by atoms with Crippen molar-refractivity contribution in [3.8, 4) is 11.5 Å². The van der Waals surface area contributed by atoms with E-state index in [1.807, 2.05) is 6.92 Å². The van der Waals surface area contributed by atoms with Gasteiger partial charge < -0.3 is 24.6 Å².